The van der Waals surface area contributed by atoms with Crippen LogP contribution in [0.3, 0.4) is 0 Å². The van der Waals surface area contributed by atoms with E-state index in [-0.39, 0.29) is 113 Å². The lowest BCUT2D eigenvalue weighted by atomic mass is 9.44. The Bertz CT molecular complexity index is 3100. The molecule has 4 aromatic rings. The first-order chi connectivity index (χ1) is 38.5. The number of amides is 2. The summed E-state index contributed by atoms with van der Waals surface area (Å²) in [6.07, 6.45) is 13.1. The van der Waals surface area contributed by atoms with Crippen molar-refractivity contribution < 1.29 is 68.1 Å². The largest absolute Gasteiger partial charge is 0.494 e. The molecule has 4 aromatic carbocycles. The van der Waals surface area contributed by atoms with Crippen molar-refractivity contribution in [2.75, 3.05) is 41.5 Å². The van der Waals surface area contributed by atoms with E-state index in [1.807, 2.05) is 0 Å². The number of benzene rings is 4. The molecule has 4 aliphatic carbocycles. The number of carbonyl (C=O) groups excluding carboxylic acids is 2. The van der Waals surface area contributed by atoms with Gasteiger partial charge in [-0.15, -0.1) is 0 Å². The zero-order chi connectivity index (χ0) is 58.8. The molecule has 432 valence electrons. The van der Waals surface area contributed by atoms with Gasteiger partial charge >= 0.3 is 23.9 Å². The molecule has 8 atom stereocenters. The summed E-state index contributed by atoms with van der Waals surface area (Å²) in [5.41, 5.74) is 1.36. The van der Waals surface area contributed by atoms with E-state index in [0.29, 0.717) is 69.9 Å². The van der Waals surface area contributed by atoms with Crippen molar-refractivity contribution in [2.45, 2.75) is 84.5 Å². The zero-order valence-corrected chi connectivity index (χ0v) is 48.8. The van der Waals surface area contributed by atoms with Crippen molar-refractivity contribution in [2.24, 2.45) is 46.3 Å². The lowest BCUT2D eigenvalue weighted by molar-refractivity contribution is -0.131. The van der Waals surface area contributed by atoms with Crippen LogP contribution in [0.5, 0.6) is 23.0 Å². The molecule has 4 aliphatic rings. The minimum Gasteiger partial charge on any atom is -0.494 e. The first kappa shape index (κ1) is 60.6. The van der Waals surface area contributed by atoms with Crippen molar-refractivity contribution in [3.8, 4) is 23.0 Å². The fourth-order valence-electron chi connectivity index (χ4n) is 14.4. The Balaban J connectivity index is 0.915. The molecule has 0 aromatic heterocycles. The van der Waals surface area contributed by atoms with Gasteiger partial charge in [-0.05, 0) is 186 Å². The van der Waals surface area contributed by atoms with Gasteiger partial charge in [-0.1, -0.05) is 72.4 Å². The van der Waals surface area contributed by atoms with Gasteiger partial charge in [-0.3, -0.25) is 9.59 Å². The number of carboxylic acids is 4. The van der Waals surface area contributed by atoms with Gasteiger partial charge in [-0.2, -0.15) is 0 Å². The average molecular weight is 1190 g/mol. The molecular formula is C61H66Cl4N2O14. The van der Waals surface area contributed by atoms with Crippen LogP contribution in [-0.4, -0.2) is 97.6 Å². The molecule has 6 N–H and O–H groups in total. The molecule has 0 bridgehead atoms. The normalized spacial score (nSPS) is 23.5. The standard InChI is InChI=1S/C61H66Cl4N2O14/c1-60-15-11-30(20-50(68)66-17-13-37(31-21-40(56(70)71)52(78-3)46(62)25-31)32-22-41(57(72)73)53(79-4)47(63)26-32)19-35(60)7-9-39-44-10-8-36(61(44,2)16-12-45(39)60)29-51(69)67-18-14-38(33-23-42(58(74)75)54(80-5)48(64)27-33)34-24-43(59(76)77)55(81-6)49(65)28-34/h13-14,21-28,30,35-36,39,44-45H,7-12,15-20,29H2,1-6H3,(H,66,68)(H,67,69)(H,70,71)(H,72,73)(H,74,75)(H,76,77)/t30-,35-,36+,39?,44?,45?,60-,61+/m0/s1. The van der Waals surface area contributed by atoms with Gasteiger partial charge in [0.1, 0.15) is 22.3 Å². The van der Waals surface area contributed by atoms with Crippen LogP contribution in [0.15, 0.2) is 60.7 Å². The second kappa shape index (κ2) is 24.9. The molecule has 16 nitrogen and oxygen atoms in total. The molecule has 0 heterocycles. The minimum absolute atomic E-state index is 0.0191. The highest BCUT2D eigenvalue weighted by molar-refractivity contribution is 6.34. The Labute approximate surface area is 490 Å². The molecule has 2 amide bonds. The first-order valence-corrected chi connectivity index (χ1v) is 28.4. The third-order valence-electron chi connectivity index (χ3n) is 18.2. The molecule has 81 heavy (non-hydrogen) atoms. The summed E-state index contributed by atoms with van der Waals surface area (Å²) in [6, 6.07) is 11.6. The molecule has 4 saturated carbocycles. The van der Waals surface area contributed by atoms with Crippen LogP contribution in [0.2, 0.25) is 20.1 Å². The van der Waals surface area contributed by atoms with E-state index in [9.17, 15) is 49.2 Å². The Morgan fingerprint density at radius 2 is 0.877 bits per heavy atom. The third kappa shape index (κ3) is 12.2. The van der Waals surface area contributed by atoms with Gasteiger partial charge < -0.3 is 50.0 Å². The summed E-state index contributed by atoms with van der Waals surface area (Å²) in [4.78, 5) is 76.9. The zero-order valence-electron chi connectivity index (χ0n) is 45.8. The number of aromatic carboxylic acids is 4. The predicted molar refractivity (Wildman–Crippen MR) is 308 cm³/mol. The van der Waals surface area contributed by atoms with Crippen molar-refractivity contribution in [1.29, 1.82) is 0 Å². The lowest BCUT2D eigenvalue weighted by Crippen LogP contribution is -2.53. The van der Waals surface area contributed by atoms with Crippen LogP contribution >= 0.6 is 46.4 Å². The van der Waals surface area contributed by atoms with Crippen LogP contribution in [0.25, 0.3) is 11.1 Å². The average Bonchev–Trinajstić information content (AvgIpc) is 3.88. The van der Waals surface area contributed by atoms with Crippen molar-refractivity contribution in [1.82, 2.24) is 10.6 Å². The number of hydrogen-bond donors (Lipinski definition) is 6. The first-order valence-electron chi connectivity index (χ1n) is 26.9. The second-order valence-corrected chi connectivity index (χ2v) is 23.9. The summed E-state index contributed by atoms with van der Waals surface area (Å²) >= 11 is 26.1. The van der Waals surface area contributed by atoms with E-state index >= 15 is 0 Å². The Hall–Kier alpha value is -6.46. The monoisotopic (exact) mass is 1190 g/mol. The molecule has 0 aliphatic heterocycles. The van der Waals surface area contributed by atoms with Gasteiger partial charge in [0.25, 0.3) is 0 Å². The fourth-order valence-corrected chi connectivity index (χ4v) is 15.6. The number of ether oxygens (including phenoxy) is 4. The number of rotatable bonds is 20. The smallest absolute Gasteiger partial charge is 0.339 e. The number of nitrogens with one attached hydrogen (secondary N) is 2. The Kier molecular flexibility index (Phi) is 18.7. The molecule has 3 unspecified atom stereocenters. The molecule has 20 heteroatoms. The summed E-state index contributed by atoms with van der Waals surface area (Å²) in [6.45, 7) is 4.92. The molecule has 0 spiro atoms. The summed E-state index contributed by atoms with van der Waals surface area (Å²) in [7, 11) is 5.23. The number of carboxylic acid groups (broad SMARTS) is 4. The van der Waals surface area contributed by atoms with Crippen molar-refractivity contribution >= 4 is 93.2 Å². The van der Waals surface area contributed by atoms with Crippen LogP contribution in [0.1, 0.15) is 148 Å². The highest BCUT2D eigenvalue weighted by Gasteiger charge is 2.60. The number of methoxy groups -OCH3 is 4. The maximum Gasteiger partial charge on any atom is 0.339 e. The lowest BCUT2D eigenvalue weighted by Gasteiger charge is -2.61. The van der Waals surface area contributed by atoms with Gasteiger partial charge in [0.15, 0.2) is 23.0 Å². The summed E-state index contributed by atoms with van der Waals surface area (Å²) < 4.78 is 21.1. The van der Waals surface area contributed by atoms with Crippen LogP contribution < -0.4 is 29.6 Å². The number of hydrogen-bond acceptors (Lipinski definition) is 10. The summed E-state index contributed by atoms with van der Waals surface area (Å²) in [5, 5.41) is 46.3. The second-order valence-electron chi connectivity index (χ2n) is 22.2. The molecule has 0 saturated heterocycles. The number of carbonyl (C=O) groups is 6. The van der Waals surface area contributed by atoms with Crippen LogP contribution in [0, 0.1) is 46.3 Å². The predicted octanol–water partition coefficient (Wildman–Crippen LogP) is 13.0. The fraction of sp³-hybridized carbons (Fsp3) is 0.443. The van der Waals surface area contributed by atoms with Crippen LogP contribution in [-0.2, 0) is 9.59 Å². The number of halogens is 4. The molecule has 8 rings (SSSR count). The van der Waals surface area contributed by atoms with E-state index in [1.54, 1.807) is 12.2 Å². The highest BCUT2D eigenvalue weighted by atomic mass is 35.5. The maximum atomic E-state index is 13.9. The van der Waals surface area contributed by atoms with Gasteiger partial charge in [-0.25, -0.2) is 19.2 Å². The quantitative estimate of drug-likeness (QED) is 0.0482. The minimum atomic E-state index is -1.29. The van der Waals surface area contributed by atoms with Crippen molar-refractivity contribution in [3.05, 3.63) is 125 Å². The van der Waals surface area contributed by atoms with Crippen molar-refractivity contribution in [3.63, 3.8) is 0 Å². The highest BCUT2D eigenvalue weighted by Crippen LogP contribution is 2.68. The van der Waals surface area contributed by atoms with Gasteiger partial charge in [0.2, 0.25) is 11.8 Å². The SMILES string of the molecule is COc1c(Cl)cc(C(=CCNC(=O)C[C@H]2CC[C@]3(C)C4CC[C@@]5(C)C(CC[C@@H]5CC(=O)NCC=C(c5cc(Cl)c(OC)c(C(=O)O)c5)c5cc(Cl)c(OC)c(C(=O)O)c5)C4CC[C@H]3C2)c2cc(Cl)c(OC)c(C(=O)O)c2)cc1C(=O)O. The third-order valence-corrected chi connectivity index (χ3v) is 19.4. The molecular weight excluding hydrogens is 1130 g/mol. The molecule has 4 fully saturated rings. The van der Waals surface area contributed by atoms with Crippen LogP contribution in [0.4, 0.5) is 0 Å². The van der Waals surface area contributed by atoms with E-state index in [4.69, 9.17) is 65.4 Å². The Morgan fingerprint density at radius 3 is 1.26 bits per heavy atom. The Morgan fingerprint density at radius 1 is 0.506 bits per heavy atom. The number of fused-ring (bicyclic) bond motifs is 5. The van der Waals surface area contributed by atoms with E-state index < -0.39 is 23.9 Å². The van der Waals surface area contributed by atoms with E-state index in [2.05, 4.69) is 24.5 Å². The van der Waals surface area contributed by atoms with Gasteiger partial charge in [0, 0.05) is 25.9 Å². The maximum absolute atomic E-state index is 13.9. The topological polar surface area (TPSA) is 244 Å². The summed E-state index contributed by atoms with van der Waals surface area (Å²) in [5.74, 6) is -3.21. The van der Waals surface area contributed by atoms with Gasteiger partial charge in [0.05, 0.1) is 48.5 Å². The molecule has 0 radical (unpaired) electrons. The van der Waals surface area contributed by atoms with E-state index in [1.165, 1.54) is 77.0 Å². The van der Waals surface area contributed by atoms with E-state index in [0.717, 1.165) is 57.8 Å².